The molecular weight excluding hydrogens is 440 g/mol. The van der Waals surface area contributed by atoms with E-state index in [1.807, 2.05) is 0 Å². The van der Waals surface area contributed by atoms with E-state index in [1.54, 1.807) is 18.3 Å². The molecule has 0 bridgehead atoms. The number of carbonyl (C=O) groups excluding carboxylic acids is 2. The number of benzene rings is 1. The van der Waals surface area contributed by atoms with Crippen LogP contribution in [0.2, 0.25) is 0 Å². The first-order valence-corrected chi connectivity index (χ1v) is 9.94. The van der Waals surface area contributed by atoms with E-state index in [9.17, 15) is 23.2 Å². The van der Waals surface area contributed by atoms with Gasteiger partial charge in [-0.25, -0.2) is 18.7 Å². The zero-order valence-corrected chi connectivity index (χ0v) is 16.7. The van der Waals surface area contributed by atoms with Gasteiger partial charge in [-0.3, -0.25) is 14.4 Å². The Hall–Kier alpha value is -4.25. The summed E-state index contributed by atoms with van der Waals surface area (Å²) in [7, 11) is 0. The number of ketones is 1. The van der Waals surface area contributed by atoms with E-state index in [0.29, 0.717) is 31.7 Å². The summed E-state index contributed by atoms with van der Waals surface area (Å²) in [6.45, 7) is 0. The molecule has 4 aromatic heterocycles. The standard InChI is InChI=1S/C21H11F2N5O3S/c22-13-2-1-9(18(24)30)16(23)15(13)17(29)12-6-26-19-10(12)3-8(5-25-19)14-4-11-20(31)27-7-28-21(11)32-14/h1-7H,(H2,24,30)(H,25,26)(H,27,28,31). The number of nitrogens with two attached hydrogens (primary N) is 1. The summed E-state index contributed by atoms with van der Waals surface area (Å²) in [4.78, 5) is 51.3. The quantitative estimate of drug-likeness (QED) is 0.361. The molecule has 0 atom stereocenters. The maximum atomic E-state index is 14.7. The van der Waals surface area contributed by atoms with E-state index in [1.165, 1.54) is 23.9 Å². The van der Waals surface area contributed by atoms with Crippen LogP contribution in [-0.4, -0.2) is 31.6 Å². The van der Waals surface area contributed by atoms with Crippen molar-refractivity contribution in [1.29, 1.82) is 0 Å². The smallest absolute Gasteiger partial charge is 0.259 e. The van der Waals surface area contributed by atoms with Crippen molar-refractivity contribution in [2.24, 2.45) is 5.73 Å². The Kier molecular flexibility index (Phi) is 4.41. The molecule has 0 aliphatic carbocycles. The first-order chi connectivity index (χ1) is 15.3. The molecule has 0 saturated carbocycles. The molecule has 32 heavy (non-hydrogen) atoms. The highest BCUT2D eigenvalue weighted by atomic mass is 32.1. The van der Waals surface area contributed by atoms with Gasteiger partial charge in [-0.15, -0.1) is 11.3 Å². The SMILES string of the molecule is NC(=O)c1ccc(F)c(C(=O)c2c[nH]c3ncc(-c4cc5c(=O)[nH]cnc5s4)cc23)c1F. The largest absolute Gasteiger partial charge is 0.366 e. The molecule has 0 aliphatic rings. The third-order valence-corrected chi connectivity index (χ3v) is 6.07. The lowest BCUT2D eigenvalue weighted by Gasteiger charge is -2.07. The minimum Gasteiger partial charge on any atom is -0.366 e. The highest BCUT2D eigenvalue weighted by Crippen LogP contribution is 2.33. The normalized spacial score (nSPS) is 11.3. The molecule has 8 nitrogen and oxygen atoms in total. The van der Waals surface area contributed by atoms with Gasteiger partial charge in [0.25, 0.3) is 11.5 Å². The van der Waals surface area contributed by atoms with Crippen LogP contribution in [-0.2, 0) is 0 Å². The van der Waals surface area contributed by atoms with Gasteiger partial charge in [0.15, 0.2) is 0 Å². The average molecular weight is 451 g/mol. The number of aromatic nitrogens is 4. The Morgan fingerprint density at radius 2 is 1.84 bits per heavy atom. The molecular formula is C21H11F2N5O3S. The van der Waals surface area contributed by atoms with Crippen LogP contribution in [0.3, 0.4) is 0 Å². The lowest BCUT2D eigenvalue weighted by atomic mass is 9.99. The number of nitrogens with one attached hydrogen (secondary N) is 2. The highest BCUT2D eigenvalue weighted by Gasteiger charge is 2.26. The van der Waals surface area contributed by atoms with Crippen LogP contribution in [0.25, 0.3) is 31.7 Å². The maximum Gasteiger partial charge on any atom is 0.259 e. The number of primary amides is 1. The number of hydrogen-bond donors (Lipinski definition) is 3. The van der Waals surface area contributed by atoms with E-state index in [4.69, 9.17) is 5.73 Å². The molecule has 4 heterocycles. The van der Waals surface area contributed by atoms with Crippen molar-refractivity contribution >= 4 is 44.3 Å². The molecule has 4 N–H and O–H groups in total. The van der Waals surface area contributed by atoms with Crippen molar-refractivity contribution in [2.45, 2.75) is 0 Å². The highest BCUT2D eigenvalue weighted by molar-refractivity contribution is 7.21. The van der Waals surface area contributed by atoms with Crippen LogP contribution in [0.5, 0.6) is 0 Å². The summed E-state index contributed by atoms with van der Waals surface area (Å²) in [5.41, 5.74) is 4.22. The van der Waals surface area contributed by atoms with Gasteiger partial charge in [0.2, 0.25) is 5.78 Å². The summed E-state index contributed by atoms with van der Waals surface area (Å²) in [5, 5.41) is 0.723. The van der Waals surface area contributed by atoms with Crippen LogP contribution < -0.4 is 11.3 Å². The molecule has 0 aliphatic heterocycles. The van der Waals surface area contributed by atoms with E-state index in [-0.39, 0.29) is 11.1 Å². The fourth-order valence-corrected chi connectivity index (χ4v) is 4.40. The second kappa shape index (κ2) is 7.17. The molecule has 5 aromatic rings. The molecule has 158 valence electrons. The molecule has 0 unspecified atom stereocenters. The number of hydrogen-bond acceptors (Lipinski definition) is 6. The monoisotopic (exact) mass is 451 g/mol. The molecule has 1 amide bonds. The van der Waals surface area contributed by atoms with Crippen molar-refractivity contribution in [2.75, 3.05) is 0 Å². The van der Waals surface area contributed by atoms with E-state index < -0.39 is 34.5 Å². The lowest BCUT2D eigenvalue weighted by molar-refractivity contribution is 0.0996. The molecule has 0 radical (unpaired) electrons. The van der Waals surface area contributed by atoms with Crippen molar-refractivity contribution in [3.05, 3.63) is 81.7 Å². The van der Waals surface area contributed by atoms with E-state index >= 15 is 0 Å². The zero-order valence-electron chi connectivity index (χ0n) is 15.9. The minimum absolute atomic E-state index is 0.0362. The van der Waals surface area contributed by atoms with E-state index in [2.05, 4.69) is 19.9 Å². The first-order valence-electron chi connectivity index (χ1n) is 9.12. The van der Waals surface area contributed by atoms with Gasteiger partial charge >= 0.3 is 0 Å². The van der Waals surface area contributed by atoms with Crippen molar-refractivity contribution < 1.29 is 18.4 Å². The number of aromatic amines is 2. The summed E-state index contributed by atoms with van der Waals surface area (Å²) in [5.74, 6) is -4.53. The number of nitrogens with zero attached hydrogens (tertiary/aromatic N) is 2. The van der Waals surface area contributed by atoms with Gasteiger partial charge in [-0.2, -0.15) is 0 Å². The molecule has 1 aromatic carbocycles. The van der Waals surface area contributed by atoms with Gasteiger partial charge in [0.1, 0.15) is 22.1 Å². The summed E-state index contributed by atoms with van der Waals surface area (Å²) < 4.78 is 29.1. The van der Waals surface area contributed by atoms with Crippen LogP contribution in [0.15, 0.2) is 47.8 Å². The Bertz CT molecular complexity index is 1640. The summed E-state index contributed by atoms with van der Waals surface area (Å²) >= 11 is 1.26. The van der Waals surface area contributed by atoms with Crippen molar-refractivity contribution in [3.63, 3.8) is 0 Å². The molecule has 5 rings (SSSR count). The van der Waals surface area contributed by atoms with Crippen molar-refractivity contribution in [1.82, 2.24) is 19.9 Å². The summed E-state index contributed by atoms with van der Waals surface area (Å²) in [6, 6.07) is 4.98. The topological polar surface area (TPSA) is 135 Å². The van der Waals surface area contributed by atoms with Crippen LogP contribution in [0.1, 0.15) is 26.3 Å². The zero-order chi connectivity index (χ0) is 22.6. The number of amides is 1. The van der Waals surface area contributed by atoms with Crippen LogP contribution >= 0.6 is 11.3 Å². The Morgan fingerprint density at radius 1 is 1.03 bits per heavy atom. The molecule has 0 saturated heterocycles. The fourth-order valence-electron chi connectivity index (χ4n) is 3.42. The second-order valence-corrected chi connectivity index (χ2v) is 7.89. The van der Waals surface area contributed by atoms with Gasteiger partial charge < -0.3 is 15.7 Å². The predicted octanol–water partition coefficient (Wildman–Crippen LogP) is 3.14. The van der Waals surface area contributed by atoms with Gasteiger partial charge in [0, 0.05) is 33.8 Å². The Morgan fingerprint density at radius 3 is 2.59 bits per heavy atom. The fraction of sp³-hybridized carbons (Fsp3) is 0. The number of pyridine rings is 1. The number of H-pyrrole nitrogens is 2. The molecule has 0 spiro atoms. The minimum atomic E-state index is -1.32. The maximum absolute atomic E-state index is 14.7. The Labute approximate surface area is 180 Å². The average Bonchev–Trinajstić information content (AvgIpc) is 3.38. The number of carbonyl (C=O) groups is 2. The number of thiophene rings is 1. The second-order valence-electron chi connectivity index (χ2n) is 6.86. The van der Waals surface area contributed by atoms with Gasteiger partial charge in [0.05, 0.1) is 22.8 Å². The summed E-state index contributed by atoms with van der Waals surface area (Å²) in [6.07, 6.45) is 4.14. The third kappa shape index (κ3) is 2.98. The molecule has 11 heteroatoms. The van der Waals surface area contributed by atoms with E-state index in [0.717, 1.165) is 12.1 Å². The molecule has 0 fully saturated rings. The number of halogens is 2. The first kappa shape index (κ1) is 19.7. The number of rotatable bonds is 4. The number of fused-ring (bicyclic) bond motifs is 2. The van der Waals surface area contributed by atoms with Crippen LogP contribution in [0.4, 0.5) is 8.78 Å². The van der Waals surface area contributed by atoms with Crippen molar-refractivity contribution in [3.8, 4) is 10.4 Å². The lowest BCUT2D eigenvalue weighted by Crippen LogP contribution is -2.17. The van der Waals surface area contributed by atoms with Gasteiger partial charge in [-0.1, -0.05) is 0 Å². The Balaban J connectivity index is 1.66. The van der Waals surface area contributed by atoms with Crippen LogP contribution in [0, 0.1) is 11.6 Å². The third-order valence-electron chi connectivity index (χ3n) is 4.98. The van der Waals surface area contributed by atoms with Gasteiger partial charge in [-0.05, 0) is 24.3 Å². The predicted molar refractivity (Wildman–Crippen MR) is 114 cm³/mol.